The summed E-state index contributed by atoms with van der Waals surface area (Å²) in [5.74, 6) is 0. The standard InChI is InChI=1S/C13H27FN2/c1-10-11(14)16(13(5,6)7)9-8-15(10)12(2,3)4/h10-11H,8-9H2,1-7H3. The summed E-state index contributed by atoms with van der Waals surface area (Å²) in [6.45, 7) is 16.5. The first-order valence-corrected chi connectivity index (χ1v) is 6.22. The Kier molecular flexibility index (Phi) is 3.71. The van der Waals surface area contributed by atoms with Gasteiger partial charge in [0.1, 0.15) is 0 Å². The number of nitrogens with zero attached hydrogens (tertiary/aromatic N) is 2. The molecule has 2 atom stereocenters. The Bertz CT molecular complexity index is 213. The predicted octanol–water partition coefficient (Wildman–Crippen LogP) is 2.89. The van der Waals surface area contributed by atoms with E-state index < -0.39 is 6.30 Å². The van der Waals surface area contributed by atoms with E-state index in [9.17, 15) is 4.39 Å². The number of hydrogen-bond acceptors (Lipinski definition) is 2. The molecule has 3 heteroatoms. The monoisotopic (exact) mass is 230 g/mol. The van der Waals surface area contributed by atoms with Crippen LogP contribution in [0.2, 0.25) is 0 Å². The van der Waals surface area contributed by atoms with Gasteiger partial charge in [-0.25, -0.2) is 4.39 Å². The Labute approximate surface area is 99.8 Å². The number of hydrogen-bond donors (Lipinski definition) is 0. The van der Waals surface area contributed by atoms with Crippen molar-refractivity contribution in [2.45, 2.75) is 71.9 Å². The van der Waals surface area contributed by atoms with Gasteiger partial charge in [-0.2, -0.15) is 0 Å². The summed E-state index contributed by atoms with van der Waals surface area (Å²) in [5, 5.41) is 0. The Morgan fingerprint density at radius 3 is 1.62 bits per heavy atom. The molecule has 1 aliphatic rings. The Morgan fingerprint density at radius 2 is 1.25 bits per heavy atom. The Balaban J connectivity index is 2.81. The van der Waals surface area contributed by atoms with E-state index in [-0.39, 0.29) is 17.1 Å². The van der Waals surface area contributed by atoms with Gasteiger partial charge in [-0.05, 0) is 48.5 Å². The molecule has 2 unspecified atom stereocenters. The molecule has 0 spiro atoms. The van der Waals surface area contributed by atoms with E-state index >= 15 is 0 Å². The van der Waals surface area contributed by atoms with Crippen molar-refractivity contribution < 1.29 is 4.39 Å². The number of piperazine rings is 1. The van der Waals surface area contributed by atoms with Gasteiger partial charge in [0.15, 0.2) is 6.30 Å². The highest BCUT2D eigenvalue weighted by Gasteiger charge is 2.42. The molecule has 16 heavy (non-hydrogen) atoms. The summed E-state index contributed by atoms with van der Waals surface area (Å²) in [6, 6.07) is -0.0343. The van der Waals surface area contributed by atoms with Gasteiger partial charge in [-0.1, -0.05) is 0 Å². The van der Waals surface area contributed by atoms with E-state index in [1.165, 1.54) is 0 Å². The molecule has 96 valence electrons. The van der Waals surface area contributed by atoms with Crippen LogP contribution in [0.25, 0.3) is 0 Å². The van der Waals surface area contributed by atoms with Crippen molar-refractivity contribution in [3.8, 4) is 0 Å². The van der Waals surface area contributed by atoms with Crippen LogP contribution in [0.1, 0.15) is 48.5 Å². The minimum Gasteiger partial charge on any atom is -0.290 e. The SMILES string of the molecule is CC1C(F)N(C(C)(C)C)CCN1C(C)(C)C. The van der Waals surface area contributed by atoms with E-state index in [4.69, 9.17) is 0 Å². The number of alkyl halides is 1. The lowest BCUT2D eigenvalue weighted by Crippen LogP contribution is -2.65. The highest BCUT2D eigenvalue weighted by Crippen LogP contribution is 2.30. The van der Waals surface area contributed by atoms with E-state index in [1.54, 1.807) is 0 Å². The molecular formula is C13H27FN2. The first-order chi connectivity index (χ1) is 7.05. The van der Waals surface area contributed by atoms with Crippen molar-refractivity contribution in [2.24, 2.45) is 0 Å². The van der Waals surface area contributed by atoms with E-state index in [0.717, 1.165) is 13.1 Å². The maximum atomic E-state index is 14.4. The fraction of sp³-hybridized carbons (Fsp3) is 1.00. The zero-order valence-electron chi connectivity index (χ0n) is 11.8. The second kappa shape index (κ2) is 4.26. The second-order valence-electron chi connectivity index (χ2n) is 6.84. The highest BCUT2D eigenvalue weighted by atomic mass is 19.1. The van der Waals surface area contributed by atoms with Crippen LogP contribution >= 0.6 is 0 Å². The summed E-state index contributed by atoms with van der Waals surface area (Å²) in [5.41, 5.74) is -0.0363. The van der Waals surface area contributed by atoms with Crippen molar-refractivity contribution in [2.75, 3.05) is 13.1 Å². The Morgan fingerprint density at radius 1 is 0.875 bits per heavy atom. The molecule has 1 saturated heterocycles. The molecule has 0 radical (unpaired) electrons. The van der Waals surface area contributed by atoms with Gasteiger partial charge in [0.05, 0.1) is 6.04 Å². The van der Waals surface area contributed by atoms with Crippen molar-refractivity contribution in [3.63, 3.8) is 0 Å². The molecule has 0 aromatic carbocycles. The maximum Gasteiger partial charge on any atom is 0.169 e. The number of rotatable bonds is 0. The molecule has 0 amide bonds. The first kappa shape index (κ1) is 13.9. The topological polar surface area (TPSA) is 6.48 Å². The first-order valence-electron chi connectivity index (χ1n) is 6.22. The van der Waals surface area contributed by atoms with E-state index in [1.807, 2.05) is 11.8 Å². The molecular weight excluding hydrogens is 203 g/mol. The van der Waals surface area contributed by atoms with Crippen LogP contribution in [0.5, 0.6) is 0 Å². The van der Waals surface area contributed by atoms with Gasteiger partial charge in [0, 0.05) is 24.2 Å². The smallest absolute Gasteiger partial charge is 0.169 e. The van der Waals surface area contributed by atoms with E-state index in [0.29, 0.717) is 0 Å². The molecule has 0 N–H and O–H groups in total. The van der Waals surface area contributed by atoms with Crippen LogP contribution in [0, 0.1) is 0 Å². The highest BCUT2D eigenvalue weighted by molar-refractivity contribution is 4.93. The summed E-state index contributed by atoms with van der Waals surface area (Å²) < 4.78 is 14.4. The van der Waals surface area contributed by atoms with Gasteiger partial charge in [-0.3, -0.25) is 9.80 Å². The summed E-state index contributed by atoms with van der Waals surface area (Å²) in [7, 11) is 0. The van der Waals surface area contributed by atoms with Crippen LogP contribution < -0.4 is 0 Å². The van der Waals surface area contributed by atoms with Gasteiger partial charge in [0.2, 0.25) is 0 Å². The normalized spacial score (nSPS) is 30.8. The van der Waals surface area contributed by atoms with Gasteiger partial charge in [-0.15, -0.1) is 0 Å². The minimum absolute atomic E-state index is 0.0343. The van der Waals surface area contributed by atoms with Crippen LogP contribution in [-0.4, -0.2) is 46.3 Å². The third kappa shape index (κ3) is 2.75. The number of halogens is 1. The summed E-state index contributed by atoms with van der Waals surface area (Å²) >= 11 is 0. The summed E-state index contributed by atoms with van der Waals surface area (Å²) in [4.78, 5) is 4.24. The zero-order valence-corrected chi connectivity index (χ0v) is 11.8. The molecule has 1 fully saturated rings. The molecule has 1 heterocycles. The lowest BCUT2D eigenvalue weighted by Gasteiger charge is -2.52. The van der Waals surface area contributed by atoms with Gasteiger partial charge in [0.25, 0.3) is 0 Å². The third-order valence-electron chi connectivity index (χ3n) is 3.49. The van der Waals surface area contributed by atoms with E-state index in [2.05, 4.69) is 46.4 Å². The molecule has 1 rings (SSSR count). The zero-order chi connectivity index (χ0) is 12.7. The molecule has 1 aliphatic heterocycles. The molecule has 0 aromatic heterocycles. The summed E-state index contributed by atoms with van der Waals surface area (Å²) in [6.07, 6.45) is -0.868. The quantitative estimate of drug-likeness (QED) is 0.590. The predicted molar refractivity (Wildman–Crippen MR) is 67.3 cm³/mol. The molecule has 0 saturated carbocycles. The van der Waals surface area contributed by atoms with Crippen LogP contribution in [-0.2, 0) is 0 Å². The molecule has 0 aromatic rings. The fourth-order valence-corrected chi connectivity index (χ4v) is 2.60. The van der Waals surface area contributed by atoms with Crippen molar-refractivity contribution >= 4 is 0 Å². The lowest BCUT2D eigenvalue weighted by molar-refractivity contribution is -0.108. The van der Waals surface area contributed by atoms with Crippen LogP contribution in [0.4, 0.5) is 4.39 Å². The largest absolute Gasteiger partial charge is 0.290 e. The minimum atomic E-state index is -0.868. The fourth-order valence-electron chi connectivity index (χ4n) is 2.60. The Hall–Kier alpha value is -0.150. The van der Waals surface area contributed by atoms with Crippen molar-refractivity contribution in [1.82, 2.24) is 9.80 Å². The van der Waals surface area contributed by atoms with Crippen LogP contribution in [0.15, 0.2) is 0 Å². The maximum absolute atomic E-state index is 14.4. The average molecular weight is 230 g/mol. The average Bonchev–Trinajstić information content (AvgIpc) is 2.05. The van der Waals surface area contributed by atoms with Crippen molar-refractivity contribution in [3.05, 3.63) is 0 Å². The van der Waals surface area contributed by atoms with Crippen molar-refractivity contribution in [1.29, 1.82) is 0 Å². The lowest BCUT2D eigenvalue weighted by atomic mass is 9.97. The molecule has 2 nitrogen and oxygen atoms in total. The third-order valence-corrected chi connectivity index (χ3v) is 3.49. The molecule has 0 aliphatic carbocycles. The molecule has 0 bridgehead atoms. The van der Waals surface area contributed by atoms with Gasteiger partial charge >= 0.3 is 0 Å². The second-order valence-corrected chi connectivity index (χ2v) is 6.84. The van der Waals surface area contributed by atoms with Gasteiger partial charge < -0.3 is 0 Å². The van der Waals surface area contributed by atoms with Crippen LogP contribution in [0.3, 0.4) is 0 Å².